The number of anilines is 2. The van der Waals surface area contributed by atoms with E-state index in [0.717, 1.165) is 0 Å². The predicted molar refractivity (Wildman–Crippen MR) is 82.6 cm³/mol. The Bertz CT molecular complexity index is 759. The zero-order chi connectivity index (χ0) is 15.0. The fourth-order valence-electron chi connectivity index (χ4n) is 2.10. The predicted octanol–water partition coefficient (Wildman–Crippen LogP) is 2.59. The van der Waals surface area contributed by atoms with Gasteiger partial charge in [-0.2, -0.15) is 0 Å². The Morgan fingerprint density at radius 3 is 2.86 bits per heavy atom. The molecule has 6 heteroatoms. The van der Waals surface area contributed by atoms with E-state index in [1.807, 2.05) is 0 Å². The highest BCUT2D eigenvalue weighted by Gasteiger charge is 2.19. The van der Waals surface area contributed by atoms with E-state index >= 15 is 0 Å². The standard InChI is InChI=1S/C15H11BrN2O3/c16-11-3-2-9(17)6-10(11)15(20)8-1-4-13-12(5-8)18-14(19)7-21-13/h1-6H,7,17H2,(H,18,19). The lowest BCUT2D eigenvalue weighted by molar-refractivity contribution is -0.118. The second-order valence-electron chi connectivity index (χ2n) is 4.62. The summed E-state index contributed by atoms with van der Waals surface area (Å²) in [5.74, 6) is 0.131. The van der Waals surface area contributed by atoms with Gasteiger partial charge in [-0.1, -0.05) is 15.9 Å². The number of hydrogen-bond acceptors (Lipinski definition) is 4. The maximum Gasteiger partial charge on any atom is 0.262 e. The highest BCUT2D eigenvalue weighted by atomic mass is 79.9. The van der Waals surface area contributed by atoms with Crippen LogP contribution in [-0.4, -0.2) is 18.3 Å². The van der Waals surface area contributed by atoms with Crippen molar-refractivity contribution >= 4 is 39.0 Å². The van der Waals surface area contributed by atoms with Crippen LogP contribution >= 0.6 is 15.9 Å². The van der Waals surface area contributed by atoms with E-state index in [-0.39, 0.29) is 18.3 Å². The van der Waals surface area contributed by atoms with Crippen molar-refractivity contribution in [2.45, 2.75) is 0 Å². The lowest BCUT2D eigenvalue weighted by Gasteiger charge is -2.18. The number of carbonyl (C=O) groups excluding carboxylic acids is 2. The molecule has 0 radical (unpaired) electrons. The number of fused-ring (bicyclic) bond motifs is 1. The molecule has 0 saturated heterocycles. The summed E-state index contributed by atoms with van der Waals surface area (Å²) in [6.45, 7) is -0.0128. The number of benzene rings is 2. The zero-order valence-electron chi connectivity index (χ0n) is 10.9. The first-order valence-electron chi connectivity index (χ1n) is 6.21. The number of nitrogens with one attached hydrogen (secondary N) is 1. The Morgan fingerprint density at radius 1 is 1.24 bits per heavy atom. The summed E-state index contributed by atoms with van der Waals surface area (Å²) in [5.41, 5.74) is 7.65. The van der Waals surface area contributed by atoms with Crippen molar-refractivity contribution < 1.29 is 14.3 Å². The molecule has 0 saturated carbocycles. The minimum atomic E-state index is -0.239. The lowest BCUT2D eigenvalue weighted by Crippen LogP contribution is -2.25. The Labute approximate surface area is 129 Å². The molecule has 2 aromatic carbocycles. The van der Waals surface area contributed by atoms with E-state index in [1.165, 1.54) is 0 Å². The highest BCUT2D eigenvalue weighted by molar-refractivity contribution is 9.10. The topological polar surface area (TPSA) is 81.4 Å². The van der Waals surface area contributed by atoms with E-state index in [0.29, 0.717) is 32.7 Å². The maximum atomic E-state index is 12.5. The molecule has 0 bridgehead atoms. The van der Waals surface area contributed by atoms with Crippen molar-refractivity contribution in [1.29, 1.82) is 0 Å². The van der Waals surface area contributed by atoms with Gasteiger partial charge in [0.25, 0.3) is 5.91 Å². The van der Waals surface area contributed by atoms with Crippen molar-refractivity contribution in [2.75, 3.05) is 17.7 Å². The second kappa shape index (κ2) is 5.21. The summed E-state index contributed by atoms with van der Waals surface area (Å²) in [4.78, 5) is 23.9. The van der Waals surface area contributed by atoms with Gasteiger partial charge in [0.15, 0.2) is 12.4 Å². The highest BCUT2D eigenvalue weighted by Crippen LogP contribution is 2.30. The van der Waals surface area contributed by atoms with Crippen LogP contribution in [0.3, 0.4) is 0 Å². The van der Waals surface area contributed by atoms with Gasteiger partial charge in [0.05, 0.1) is 5.69 Å². The molecule has 1 amide bonds. The average Bonchev–Trinajstić information content (AvgIpc) is 2.48. The number of nitrogen functional groups attached to an aromatic ring is 1. The van der Waals surface area contributed by atoms with Gasteiger partial charge in [0.2, 0.25) is 0 Å². The molecule has 0 fully saturated rings. The van der Waals surface area contributed by atoms with E-state index < -0.39 is 0 Å². The Morgan fingerprint density at radius 2 is 2.05 bits per heavy atom. The smallest absolute Gasteiger partial charge is 0.262 e. The molecule has 3 N–H and O–H groups in total. The van der Waals surface area contributed by atoms with Crippen LogP contribution in [0.15, 0.2) is 40.9 Å². The quantitative estimate of drug-likeness (QED) is 0.646. The van der Waals surface area contributed by atoms with Gasteiger partial charge in [-0.3, -0.25) is 9.59 Å². The number of rotatable bonds is 2. The monoisotopic (exact) mass is 346 g/mol. The number of halogens is 1. The molecule has 21 heavy (non-hydrogen) atoms. The number of nitrogens with two attached hydrogens (primary N) is 1. The van der Waals surface area contributed by atoms with Crippen molar-refractivity contribution in [1.82, 2.24) is 0 Å². The van der Waals surface area contributed by atoms with Gasteiger partial charge in [-0.15, -0.1) is 0 Å². The van der Waals surface area contributed by atoms with Gasteiger partial charge in [-0.25, -0.2) is 0 Å². The van der Waals surface area contributed by atoms with Crippen LogP contribution in [0.4, 0.5) is 11.4 Å². The van der Waals surface area contributed by atoms with E-state index in [1.54, 1.807) is 36.4 Å². The summed E-state index contributed by atoms with van der Waals surface area (Å²) < 4.78 is 5.93. The molecule has 0 aromatic heterocycles. The summed E-state index contributed by atoms with van der Waals surface area (Å²) in [6, 6.07) is 9.98. The molecule has 0 atom stereocenters. The lowest BCUT2D eigenvalue weighted by atomic mass is 10.0. The van der Waals surface area contributed by atoms with Crippen LogP contribution in [0.5, 0.6) is 5.75 Å². The van der Waals surface area contributed by atoms with Crippen LogP contribution in [0.1, 0.15) is 15.9 Å². The fourth-order valence-corrected chi connectivity index (χ4v) is 2.52. The van der Waals surface area contributed by atoms with E-state index in [9.17, 15) is 9.59 Å². The molecule has 106 valence electrons. The molecule has 1 aliphatic rings. The Hall–Kier alpha value is -2.34. The van der Waals surface area contributed by atoms with Crippen molar-refractivity contribution in [3.05, 3.63) is 52.0 Å². The minimum Gasteiger partial charge on any atom is -0.482 e. The zero-order valence-corrected chi connectivity index (χ0v) is 12.4. The average molecular weight is 347 g/mol. The van der Waals surface area contributed by atoms with Crippen LogP contribution in [0.2, 0.25) is 0 Å². The molecule has 0 spiro atoms. The number of ketones is 1. The van der Waals surface area contributed by atoms with Gasteiger partial charge in [-0.05, 0) is 36.4 Å². The van der Waals surface area contributed by atoms with Crippen molar-refractivity contribution in [3.8, 4) is 5.75 Å². The first-order valence-corrected chi connectivity index (χ1v) is 7.00. The summed E-state index contributed by atoms with van der Waals surface area (Å²) in [7, 11) is 0. The summed E-state index contributed by atoms with van der Waals surface area (Å²) in [6.07, 6.45) is 0. The number of hydrogen-bond donors (Lipinski definition) is 2. The third-order valence-electron chi connectivity index (χ3n) is 3.11. The number of ether oxygens (including phenoxy) is 1. The third kappa shape index (κ3) is 2.62. The molecule has 3 rings (SSSR count). The largest absolute Gasteiger partial charge is 0.482 e. The van der Waals surface area contributed by atoms with Crippen LogP contribution in [0.25, 0.3) is 0 Å². The minimum absolute atomic E-state index is 0.0128. The first kappa shape index (κ1) is 13.6. The van der Waals surface area contributed by atoms with Gasteiger partial charge < -0.3 is 15.8 Å². The molecule has 2 aromatic rings. The molecule has 0 aliphatic carbocycles. The van der Waals surface area contributed by atoms with Gasteiger partial charge in [0, 0.05) is 21.3 Å². The van der Waals surface area contributed by atoms with Gasteiger partial charge >= 0.3 is 0 Å². The third-order valence-corrected chi connectivity index (χ3v) is 3.80. The Balaban J connectivity index is 2.00. The van der Waals surface area contributed by atoms with Gasteiger partial charge in [0.1, 0.15) is 5.75 Å². The molecule has 1 heterocycles. The summed E-state index contributed by atoms with van der Waals surface area (Å²) in [5, 5.41) is 2.68. The fraction of sp³-hybridized carbons (Fsp3) is 0.0667. The van der Waals surface area contributed by atoms with Crippen LogP contribution in [-0.2, 0) is 4.79 Å². The molecule has 1 aliphatic heterocycles. The summed E-state index contributed by atoms with van der Waals surface area (Å²) >= 11 is 3.34. The van der Waals surface area contributed by atoms with E-state index in [2.05, 4.69) is 21.2 Å². The molecular formula is C15H11BrN2O3. The number of amides is 1. The molecule has 5 nitrogen and oxygen atoms in total. The Kier molecular flexibility index (Phi) is 3.39. The normalized spacial score (nSPS) is 13.1. The number of carbonyl (C=O) groups is 2. The second-order valence-corrected chi connectivity index (χ2v) is 5.47. The van der Waals surface area contributed by atoms with Crippen LogP contribution < -0.4 is 15.8 Å². The first-order chi connectivity index (χ1) is 10.0. The SMILES string of the molecule is Nc1ccc(Br)c(C(=O)c2ccc3c(c2)NC(=O)CO3)c1. The molecule has 0 unspecified atom stereocenters. The van der Waals surface area contributed by atoms with Crippen LogP contribution in [0, 0.1) is 0 Å². The molecular weight excluding hydrogens is 336 g/mol. The van der Waals surface area contributed by atoms with Crippen molar-refractivity contribution in [3.63, 3.8) is 0 Å². The van der Waals surface area contributed by atoms with E-state index in [4.69, 9.17) is 10.5 Å². The maximum absolute atomic E-state index is 12.5. The van der Waals surface area contributed by atoms with Crippen molar-refractivity contribution in [2.24, 2.45) is 0 Å².